The highest BCUT2D eigenvalue weighted by Gasteiger charge is 2.17. The maximum absolute atomic E-state index is 12.1. The zero-order valence-corrected chi connectivity index (χ0v) is 12.9. The lowest BCUT2D eigenvalue weighted by Crippen LogP contribution is -2.23. The van der Waals surface area contributed by atoms with E-state index in [9.17, 15) is 8.42 Å². The molecule has 2 aromatic carbocycles. The van der Waals surface area contributed by atoms with E-state index in [0.717, 1.165) is 16.7 Å². The average molecular weight is 310 g/mol. The molecule has 0 N–H and O–H groups in total. The van der Waals surface area contributed by atoms with Gasteiger partial charge in [0.15, 0.2) is 0 Å². The second-order valence-corrected chi connectivity index (χ2v) is 7.33. The van der Waals surface area contributed by atoms with Gasteiger partial charge in [0.1, 0.15) is 0 Å². The third-order valence-corrected chi connectivity index (χ3v) is 5.07. The predicted octanol–water partition coefficient (Wildman–Crippen LogP) is 3.40. The Labute approximate surface area is 124 Å². The summed E-state index contributed by atoms with van der Waals surface area (Å²) in [6.07, 6.45) is 0. The first kappa shape index (κ1) is 15.0. The van der Waals surface area contributed by atoms with Crippen LogP contribution in [0.1, 0.15) is 5.56 Å². The zero-order chi connectivity index (χ0) is 14.8. The van der Waals surface area contributed by atoms with Gasteiger partial charge in [-0.3, -0.25) is 0 Å². The highest BCUT2D eigenvalue weighted by Crippen LogP contribution is 2.27. The molecule has 0 radical (unpaired) electrons. The Morgan fingerprint density at radius 3 is 2.40 bits per heavy atom. The molecule has 0 unspecified atom stereocenters. The second-order valence-electron chi connectivity index (χ2n) is 4.71. The van der Waals surface area contributed by atoms with Crippen molar-refractivity contribution in [2.45, 2.75) is 5.75 Å². The molecule has 0 saturated carbocycles. The van der Waals surface area contributed by atoms with Gasteiger partial charge < -0.3 is 0 Å². The number of benzene rings is 2. The molecule has 0 aromatic heterocycles. The van der Waals surface area contributed by atoms with Crippen molar-refractivity contribution in [1.29, 1.82) is 0 Å². The Kier molecular flexibility index (Phi) is 4.48. The van der Waals surface area contributed by atoms with Crippen LogP contribution in [0.4, 0.5) is 0 Å². The molecule has 0 amide bonds. The zero-order valence-electron chi connectivity index (χ0n) is 11.4. The molecule has 0 aliphatic heterocycles. The van der Waals surface area contributed by atoms with Gasteiger partial charge in [0, 0.05) is 19.1 Å². The molecule has 3 nitrogen and oxygen atoms in total. The Balaban J connectivity index is 2.47. The van der Waals surface area contributed by atoms with E-state index < -0.39 is 10.0 Å². The second kappa shape index (κ2) is 5.95. The fourth-order valence-electron chi connectivity index (χ4n) is 1.91. The fraction of sp³-hybridized carbons (Fsp3) is 0.200. The van der Waals surface area contributed by atoms with Gasteiger partial charge in [0.05, 0.1) is 5.75 Å². The van der Waals surface area contributed by atoms with E-state index in [1.54, 1.807) is 6.07 Å². The molecule has 0 fully saturated rings. The minimum absolute atomic E-state index is 0.0251. The first-order chi connectivity index (χ1) is 9.40. The van der Waals surface area contributed by atoms with Crippen molar-refractivity contribution in [3.05, 3.63) is 59.1 Å². The van der Waals surface area contributed by atoms with Crippen molar-refractivity contribution in [2.75, 3.05) is 14.1 Å². The number of rotatable bonds is 4. The molecule has 0 aliphatic carbocycles. The van der Waals surface area contributed by atoms with Gasteiger partial charge in [-0.15, -0.1) is 0 Å². The number of hydrogen-bond donors (Lipinski definition) is 0. The summed E-state index contributed by atoms with van der Waals surface area (Å²) in [6.45, 7) is 0. The standard InChI is InChI=1S/C15H16ClNO2S/c1-17(2)20(18,19)11-13-6-3-4-9-15(13)12-7-5-8-14(16)10-12/h3-10H,11H2,1-2H3. The lowest BCUT2D eigenvalue weighted by atomic mass is 10.0. The van der Waals surface area contributed by atoms with Crippen LogP contribution in [0.5, 0.6) is 0 Å². The predicted molar refractivity (Wildman–Crippen MR) is 83.2 cm³/mol. The van der Waals surface area contributed by atoms with Crippen molar-refractivity contribution >= 4 is 21.6 Å². The van der Waals surface area contributed by atoms with Crippen LogP contribution in [-0.2, 0) is 15.8 Å². The topological polar surface area (TPSA) is 37.4 Å². The molecule has 0 spiro atoms. The van der Waals surface area contributed by atoms with E-state index in [1.807, 2.05) is 42.5 Å². The quantitative estimate of drug-likeness (QED) is 0.868. The third kappa shape index (κ3) is 3.39. The molecule has 20 heavy (non-hydrogen) atoms. The van der Waals surface area contributed by atoms with E-state index in [1.165, 1.54) is 18.4 Å². The highest BCUT2D eigenvalue weighted by molar-refractivity contribution is 7.88. The van der Waals surface area contributed by atoms with Crippen molar-refractivity contribution in [3.63, 3.8) is 0 Å². The summed E-state index contributed by atoms with van der Waals surface area (Å²) in [5.74, 6) is -0.0251. The van der Waals surface area contributed by atoms with Crippen LogP contribution in [0, 0.1) is 0 Å². The summed E-state index contributed by atoms with van der Waals surface area (Å²) in [4.78, 5) is 0. The maximum Gasteiger partial charge on any atom is 0.217 e. The van der Waals surface area contributed by atoms with E-state index in [4.69, 9.17) is 11.6 Å². The Morgan fingerprint density at radius 1 is 1.05 bits per heavy atom. The first-order valence-electron chi connectivity index (χ1n) is 6.14. The van der Waals surface area contributed by atoms with Gasteiger partial charge in [-0.05, 0) is 28.8 Å². The third-order valence-electron chi connectivity index (χ3n) is 3.05. The summed E-state index contributed by atoms with van der Waals surface area (Å²) in [5, 5.41) is 0.632. The summed E-state index contributed by atoms with van der Waals surface area (Å²) >= 11 is 6.00. The van der Waals surface area contributed by atoms with Crippen molar-refractivity contribution in [3.8, 4) is 11.1 Å². The van der Waals surface area contributed by atoms with E-state index in [2.05, 4.69) is 0 Å². The van der Waals surface area contributed by atoms with Crippen LogP contribution in [0.2, 0.25) is 5.02 Å². The Morgan fingerprint density at radius 2 is 1.75 bits per heavy atom. The fourth-order valence-corrected chi connectivity index (χ4v) is 3.00. The number of hydrogen-bond acceptors (Lipinski definition) is 2. The highest BCUT2D eigenvalue weighted by atomic mass is 35.5. The van der Waals surface area contributed by atoms with Crippen LogP contribution in [0.25, 0.3) is 11.1 Å². The minimum atomic E-state index is -3.29. The number of sulfonamides is 1. The molecule has 5 heteroatoms. The molecule has 0 saturated heterocycles. The van der Waals surface area contributed by atoms with Gasteiger partial charge in [-0.25, -0.2) is 12.7 Å². The van der Waals surface area contributed by atoms with Crippen molar-refractivity contribution < 1.29 is 8.42 Å². The van der Waals surface area contributed by atoms with Gasteiger partial charge in [0.25, 0.3) is 0 Å². The van der Waals surface area contributed by atoms with Crippen LogP contribution in [0.3, 0.4) is 0 Å². The molecule has 0 bridgehead atoms. The van der Waals surface area contributed by atoms with E-state index >= 15 is 0 Å². The average Bonchev–Trinajstić information content (AvgIpc) is 2.38. The lowest BCUT2D eigenvalue weighted by molar-refractivity contribution is 0.520. The van der Waals surface area contributed by atoms with Crippen LogP contribution < -0.4 is 0 Å². The summed E-state index contributed by atoms with van der Waals surface area (Å²) in [6, 6.07) is 14.9. The van der Waals surface area contributed by atoms with Gasteiger partial charge >= 0.3 is 0 Å². The smallest absolute Gasteiger partial charge is 0.212 e. The molecule has 0 heterocycles. The molecule has 2 rings (SSSR count). The molecular weight excluding hydrogens is 294 g/mol. The van der Waals surface area contributed by atoms with Crippen LogP contribution in [0.15, 0.2) is 48.5 Å². The Bertz CT molecular complexity index is 711. The first-order valence-corrected chi connectivity index (χ1v) is 8.13. The normalized spacial score (nSPS) is 11.8. The number of nitrogens with zero attached hydrogens (tertiary/aromatic N) is 1. The summed E-state index contributed by atoms with van der Waals surface area (Å²) in [7, 11) is -0.213. The number of halogens is 1. The molecule has 106 valence electrons. The van der Waals surface area contributed by atoms with E-state index in [0.29, 0.717) is 5.02 Å². The van der Waals surface area contributed by atoms with Crippen LogP contribution >= 0.6 is 11.6 Å². The lowest BCUT2D eigenvalue weighted by Gasteiger charge is -2.14. The van der Waals surface area contributed by atoms with Crippen molar-refractivity contribution in [1.82, 2.24) is 4.31 Å². The minimum Gasteiger partial charge on any atom is -0.212 e. The van der Waals surface area contributed by atoms with E-state index in [-0.39, 0.29) is 5.75 Å². The SMILES string of the molecule is CN(C)S(=O)(=O)Cc1ccccc1-c1cccc(Cl)c1. The molecule has 0 aliphatic rings. The maximum atomic E-state index is 12.1. The monoisotopic (exact) mass is 309 g/mol. The Hall–Kier alpha value is -1.36. The molecule has 0 atom stereocenters. The van der Waals surface area contributed by atoms with Gasteiger partial charge in [0.2, 0.25) is 10.0 Å². The summed E-state index contributed by atoms with van der Waals surface area (Å²) < 4.78 is 25.3. The van der Waals surface area contributed by atoms with Gasteiger partial charge in [-0.1, -0.05) is 48.0 Å². The van der Waals surface area contributed by atoms with Gasteiger partial charge in [-0.2, -0.15) is 0 Å². The van der Waals surface area contributed by atoms with Crippen molar-refractivity contribution in [2.24, 2.45) is 0 Å². The molecular formula is C15H16ClNO2S. The van der Waals surface area contributed by atoms with Crippen LogP contribution in [-0.4, -0.2) is 26.8 Å². The molecule has 2 aromatic rings. The summed E-state index contributed by atoms with van der Waals surface area (Å²) in [5.41, 5.74) is 2.57. The largest absolute Gasteiger partial charge is 0.217 e.